The van der Waals surface area contributed by atoms with Gasteiger partial charge in [0.05, 0.1) is 17.6 Å². The van der Waals surface area contributed by atoms with Crippen LogP contribution < -0.4 is 10.3 Å². The second-order valence-corrected chi connectivity index (χ2v) is 9.03. The van der Waals surface area contributed by atoms with E-state index in [0.29, 0.717) is 28.5 Å². The van der Waals surface area contributed by atoms with Crippen molar-refractivity contribution in [1.82, 2.24) is 24.7 Å². The predicted molar refractivity (Wildman–Crippen MR) is 127 cm³/mol. The lowest BCUT2D eigenvalue weighted by molar-refractivity contribution is 0.305. The van der Waals surface area contributed by atoms with Gasteiger partial charge < -0.3 is 9.72 Å². The highest BCUT2D eigenvalue weighted by Crippen LogP contribution is 2.23. The van der Waals surface area contributed by atoms with Crippen molar-refractivity contribution in [2.24, 2.45) is 0 Å². The van der Waals surface area contributed by atoms with Crippen molar-refractivity contribution in [2.75, 3.05) is 0 Å². The molecule has 3 heterocycles. The molecule has 0 bridgehead atoms. The Labute approximate surface area is 192 Å². The van der Waals surface area contributed by atoms with Gasteiger partial charge in [0.2, 0.25) is 0 Å². The first-order chi connectivity index (χ1) is 15.7. The van der Waals surface area contributed by atoms with Crippen LogP contribution in [0, 0.1) is 6.92 Å². The predicted octanol–water partition coefficient (Wildman–Crippen LogP) is 4.75. The summed E-state index contributed by atoms with van der Waals surface area (Å²) in [6, 6.07) is 17.6. The summed E-state index contributed by atoms with van der Waals surface area (Å²) in [6.07, 6.45) is 1.55. The number of aromatic amines is 1. The molecule has 9 heteroatoms. The number of ether oxygens (including phenoxy) is 1. The molecule has 0 fully saturated rings. The monoisotopic (exact) mass is 461 g/mol. The Kier molecular flexibility index (Phi) is 5.74. The number of thiazole rings is 1. The van der Waals surface area contributed by atoms with Gasteiger partial charge in [0.15, 0.2) is 10.8 Å². The summed E-state index contributed by atoms with van der Waals surface area (Å²) in [5.41, 5.74) is 3.30. The lowest BCUT2D eigenvalue weighted by Crippen LogP contribution is -2.09. The number of benzene rings is 2. The van der Waals surface area contributed by atoms with Crippen LogP contribution in [0.15, 0.2) is 76.1 Å². The average molecular weight is 462 g/mol. The summed E-state index contributed by atoms with van der Waals surface area (Å²) in [7, 11) is 0. The maximum Gasteiger partial charge on any atom is 0.262 e. The van der Waals surface area contributed by atoms with Gasteiger partial charge in [-0.2, -0.15) is 5.10 Å². The second kappa shape index (κ2) is 8.97. The minimum absolute atomic E-state index is 0.204. The molecule has 0 radical (unpaired) electrons. The topological polar surface area (TPSA) is 85.7 Å². The quantitative estimate of drug-likeness (QED) is 0.278. The van der Waals surface area contributed by atoms with E-state index in [2.05, 4.69) is 20.1 Å². The number of H-pyrrole nitrogens is 1. The second-order valence-electron chi connectivity index (χ2n) is 7.12. The van der Waals surface area contributed by atoms with Crippen LogP contribution in [0.1, 0.15) is 16.3 Å². The fourth-order valence-electron chi connectivity index (χ4n) is 3.13. The number of nitrogens with zero attached hydrogens (tertiary/aromatic N) is 4. The standard InChI is InChI=1S/C23H19N5O2S2/c1-15-7-9-18(10-8-15)30-12-20-25-16(13-31-20)14-32-23-26-21-19(22(29)27-23)11-24-28(21)17-5-3-2-4-6-17/h2-11,13H,12,14H2,1H3,(H,26,27,29). The molecule has 0 amide bonds. The lowest BCUT2D eigenvalue weighted by Gasteiger charge is -2.04. The fraction of sp³-hybridized carbons (Fsp3) is 0.130. The van der Waals surface area contributed by atoms with Crippen LogP contribution in [0.4, 0.5) is 0 Å². The van der Waals surface area contributed by atoms with Gasteiger partial charge in [0.25, 0.3) is 5.56 Å². The first kappa shape index (κ1) is 20.5. The van der Waals surface area contributed by atoms with E-state index < -0.39 is 0 Å². The molecule has 0 aliphatic carbocycles. The van der Waals surface area contributed by atoms with Crippen LogP contribution in [0.25, 0.3) is 16.7 Å². The minimum Gasteiger partial charge on any atom is -0.486 e. The van der Waals surface area contributed by atoms with E-state index >= 15 is 0 Å². The van der Waals surface area contributed by atoms with Crippen molar-refractivity contribution in [2.45, 2.75) is 24.4 Å². The summed E-state index contributed by atoms with van der Waals surface area (Å²) < 4.78 is 7.48. The van der Waals surface area contributed by atoms with E-state index in [4.69, 9.17) is 4.74 Å². The Morgan fingerprint density at radius 1 is 1.09 bits per heavy atom. The normalized spacial score (nSPS) is 11.2. The Hall–Kier alpha value is -3.43. The zero-order valence-corrected chi connectivity index (χ0v) is 18.8. The summed E-state index contributed by atoms with van der Waals surface area (Å²) >= 11 is 2.99. The number of aryl methyl sites for hydroxylation is 1. The molecule has 0 unspecified atom stereocenters. The molecule has 1 N–H and O–H groups in total. The molecule has 5 rings (SSSR count). The number of thioether (sulfide) groups is 1. The summed E-state index contributed by atoms with van der Waals surface area (Å²) in [5, 5.41) is 8.24. The van der Waals surface area contributed by atoms with Crippen LogP contribution >= 0.6 is 23.1 Å². The molecule has 2 aromatic carbocycles. The van der Waals surface area contributed by atoms with Crippen molar-refractivity contribution in [3.05, 3.63) is 92.8 Å². The van der Waals surface area contributed by atoms with E-state index in [1.807, 2.05) is 66.9 Å². The Balaban J connectivity index is 1.28. The number of hydrogen-bond acceptors (Lipinski definition) is 7. The summed E-state index contributed by atoms with van der Waals surface area (Å²) in [4.78, 5) is 24.6. The molecule has 0 saturated carbocycles. The molecule has 0 aliphatic heterocycles. The number of hydrogen-bond donors (Lipinski definition) is 1. The van der Waals surface area contributed by atoms with E-state index in [1.165, 1.54) is 17.3 Å². The van der Waals surface area contributed by atoms with E-state index in [1.54, 1.807) is 22.2 Å². The molecule has 3 aromatic heterocycles. The molecular formula is C23H19N5O2S2. The van der Waals surface area contributed by atoms with E-state index in [0.717, 1.165) is 22.1 Å². The molecule has 32 heavy (non-hydrogen) atoms. The zero-order chi connectivity index (χ0) is 21.9. The molecular weight excluding hydrogens is 442 g/mol. The van der Waals surface area contributed by atoms with Gasteiger partial charge in [-0.05, 0) is 31.2 Å². The number of aromatic nitrogens is 5. The molecule has 0 spiro atoms. The first-order valence-electron chi connectivity index (χ1n) is 9.95. The molecule has 160 valence electrons. The van der Waals surface area contributed by atoms with Crippen LogP contribution in [0.2, 0.25) is 0 Å². The number of rotatable bonds is 7. The minimum atomic E-state index is -0.204. The number of para-hydroxylation sites is 1. The largest absolute Gasteiger partial charge is 0.486 e. The van der Waals surface area contributed by atoms with Crippen LogP contribution in [0.5, 0.6) is 5.75 Å². The van der Waals surface area contributed by atoms with Crippen molar-refractivity contribution in [3.63, 3.8) is 0 Å². The summed E-state index contributed by atoms with van der Waals surface area (Å²) in [6.45, 7) is 2.47. The lowest BCUT2D eigenvalue weighted by atomic mass is 10.2. The maximum absolute atomic E-state index is 12.5. The maximum atomic E-state index is 12.5. The van der Waals surface area contributed by atoms with Crippen molar-refractivity contribution in [3.8, 4) is 11.4 Å². The van der Waals surface area contributed by atoms with Gasteiger partial charge in [-0.3, -0.25) is 4.79 Å². The average Bonchev–Trinajstić information content (AvgIpc) is 3.45. The van der Waals surface area contributed by atoms with Gasteiger partial charge in [-0.15, -0.1) is 11.3 Å². The third-order valence-corrected chi connectivity index (χ3v) is 6.53. The SMILES string of the molecule is Cc1ccc(OCc2nc(CSc3nc4c(cnn4-c4ccccc4)c(=O)[nH]3)cs2)cc1. The third-order valence-electron chi connectivity index (χ3n) is 4.76. The van der Waals surface area contributed by atoms with Gasteiger partial charge in [0.1, 0.15) is 22.8 Å². The van der Waals surface area contributed by atoms with E-state index in [-0.39, 0.29) is 5.56 Å². The molecule has 0 saturated heterocycles. The number of nitrogens with one attached hydrogen (secondary N) is 1. The van der Waals surface area contributed by atoms with Crippen molar-refractivity contribution >= 4 is 34.1 Å². The van der Waals surface area contributed by atoms with Gasteiger partial charge in [-0.25, -0.2) is 14.6 Å². The Morgan fingerprint density at radius 2 is 1.91 bits per heavy atom. The fourth-order valence-corrected chi connectivity index (χ4v) is 4.69. The Morgan fingerprint density at radius 3 is 2.72 bits per heavy atom. The third kappa shape index (κ3) is 4.44. The highest BCUT2D eigenvalue weighted by atomic mass is 32.2. The van der Waals surface area contributed by atoms with Crippen molar-refractivity contribution < 1.29 is 4.74 Å². The van der Waals surface area contributed by atoms with Crippen LogP contribution in [0.3, 0.4) is 0 Å². The Bertz CT molecular complexity index is 1410. The van der Waals surface area contributed by atoms with Gasteiger partial charge >= 0.3 is 0 Å². The van der Waals surface area contributed by atoms with E-state index in [9.17, 15) is 4.79 Å². The molecule has 0 aliphatic rings. The smallest absolute Gasteiger partial charge is 0.262 e. The first-order valence-corrected chi connectivity index (χ1v) is 11.8. The van der Waals surface area contributed by atoms with Crippen LogP contribution in [-0.4, -0.2) is 24.7 Å². The van der Waals surface area contributed by atoms with Crippen molar-refractivity contribution in [1.29, 1.82) is 0 Å². The van der Waals surface area contributed by atoms with Gasteiger partial charge in [0, 0.05) is 11.1 Å². The zero-order valence-electron chi connectivity index (χ0n) is 17.2. The molecule has 5 aromatic rings. The summed E-state index contributed by atoms with van der Waals surface area (Å²) in [5.74, 6) is 1.42. The molecule has 0 atom stereocenters. The molecule has 7 nitrogen and oxygen atoms in total. The van der Waals surface area contributed by atoms with Crippen LogP contribution in [-0.2, 0) is 12.4 Å². The van der Waals surface area contributed by atoms with Gasteiger partial charge in [-0.1, -0.05) is 47.7 Å². The number of fused-ring (bicyclic) bond motifs is 1. The highest BCUT2D eigenvalue weighted by Gasteiger charge is 2.12. The highest BCUT2D eigenvalue weighted by molar-refractivity contribution is 7.98.